The number of hydrogen-bond donors (Lipinski definition) is 1. The van der Waals surface area contributed by atoms with Gasteiger partial charge in [-0.1, -0.05) is 6.92 Å². The number of carbonyl (C=O) groups excluding carboxylic acids is 2. The molecule has 0 radical (unpaired) electrons. The molecule has 2 heterocycles. The van der Waals surface area contributed by atoms with Crippen molar-refractivity contribution in [3.05, 3.63) is 16.1 Å². The van der Waals surface area contributed by atoms with Gasteiger partial charge in [-0.05, 0) is 13.3 Å². The molecule has 0 bridgehead atoms. The predicted molar refractivity (Wildman–Crippen MR) is 78.6 cm³/mol. The Hall–Kier alpha value is -1.43. The summed E-state index contributed by atoms with van der Waals surface area (Å²) in [6.07, 6.45) is 2.05. The molecule has 0 aliphatic carbocycles. The van der Waals surface area contributed by atoms with E-state index in [1.165, 1.54) is 0 Å². The van der Waals surface area contributed by atoms with E-state index in [9.17, 15) is 9.59 Å². The van der Waals surface area contributed by atoms with Gasteiger partial charge in [0.1, 0.15) is 0 Å². The van der Waals surface area contributed by atoms with Gasteiger partial charge in [0.05, 0.1) is 16.6 Å². The van der Waals surface area contributed by atoms with Gasteiger partial charge < -0.3 is 10.2 Å². The summed E-state index contributed by atoms with van der Waals surface area (Å²) in [6.45, 7) is 5.84. The lowest BCUT2D eigenvalue weighted by molar-refractivity contribution is -0.128. The van der Waals surface area contributed by atoms with E-state index in [2.05, 4.69) is 22.6 Å². The van der Waals surface area contributed by atoms with Crippen LogP contribution in [-0.2, 0) is 22.4 Å². The number of nitrogens with one attached hydrogen (secondary N) is 1. The maximum absolute atomic E-state index is 12.0. The molecule has 1 aliphatic rings. The van der Waals surface area contributed by atoms with Gasteiger partial charge in [-0.25, -0.2) is 4.98 Å². The second-order valence-corrected chi connectivity index (χ2v) is 5.90. The minimum atomic E-state index is -0.190. The Labute approximate surface area is 123 Å². The fraction of sp³-hybridized carbons (Fsp3) is 0.643. The molecule has 0 spiro atoms. The van der Waals surface area contributed by atoms with Crippen LogP contribution in [0.3, 0.4) is 0 Å². The third-order valence-corrected chi connectivity index (χ3v) is 4.52. The molecule has 1 saturated heterocycles. The zero-order valence-corrected chi connectivity index (χ0v) is 12.8. The smallest absolute Gasteiger partial charge is 0.225 e. The highest BCUT2D eigenvalue weighted by Crippen LogP contribution is 2.17. The normalized spacial score (nSPS) is 18.6. The van der Waals surface area contributed by atoms with Crippen molar-refractivity contribution in [2.45, 2.75) is 33.1 Å². The average Bonchev–Trinajstić information content (AvgIpc) is 3.05. The number of nitrogens with zero attached hydrogens (tertiary/aromatic N) is 2. The van der Waals surface area contributed by atoms with Crippen molar-refractivity contribution in [1.29, 1.82) is 0 Å². The molecule has 1 N–H and O–H groups in total. The van der Waals surface area contributed by atoms with Crippen LogP contribution in [0.4, 0.5) is 0 Å². The Morgan fingerprint density at radius 3 is 2.95 bits per heavy atom. The summed E-state index contributed by atoms with van der Waals surface area (Å²) in [5.41, 5.74) is 1.11. The second-order valence-electron chi connectivity index (χ2n) is 4.96. The summed E-state index contributed by atoms with van der Waals surface area (Å²) in [6, 6.07) is 0. The van der Waals surface area contributed by atoms with Crippen molar-refractivity contribution in [2.24, 2.45) is 5.92 Å². The van der Waals surface area contributed by atoms with Crippen LogP contribution in [0.15, 0.2) is 5.38 Å². The summed E-state index contributed by atoms with van der Waals surface area (Å²) < 4.78 is 0. The first kappa shape index (κ1) is 15.0. The Balaban J connectivity index is 1.74. The maximum Gasteiger partial charge on any atom is 0.225 e. The zero-order chi connectivity index (χ0) is 14.5. The lowest BCUT2D eigenvalue weighted by atomic mass is 10.1. The predicted octanol–water partition coefficient (Wildman–Crippen LogP) is 1.23. The third kappa shape index (κ3) is 3.56. The first-order valence-electron chi connectivity index (χ1n) is 7.12. The van der Waals surface area contributed by atoms with E-state index in [0.717, 1.165) is 23.5 Å². The van der Waals surface area contributed by atoms with Gasteiger partial charge in [0.25, 0.3) is 0 Å². The van der Waals surface area contributed by atoms with Crippen LogP contribution in [0.2, 0.25) is 0 Å². The van der Waals surface area contributed by atoms with Crippen LogP contribution in [0.25, 0.3) is 0 Å². The molecular weight excluding hydrogens is 274 g/mol. The first-order chi connectivity index (χ1) is 9.63. The monoisotopic (exact) mass is 295 g/mol. The van der Waals surface area contributed by atoms with Crippen LogP contribution >= 0.6 is 11.3 Å². The summed E-state index contributed by atoms with van der Waals surface area (Å²) in [5, 5.41) is 6.03. The molecule has 1 atom stereocenters. The largest absolute Gasteiger partial charge is 0.355 e. The van der Waals surface area contributed by atoms with Crippen molar-refractivity contribution in [3.8, 4) is 0 Å². The van der Waals surface area contributed by atoms with Crippen LogP contribution in [0.1, 0.15) is 31.0 Å². The molecule has 5 nitrogen and oxygen atoms in total. The Morgan fingerprint density at radius 1 is 1.55 bits per heavy atom. The molecule has 1 aliphatic heterocycles. The maximum atomic E-state index is 12.0. The van der Waals surface area contributed by atoms with Gasteiger partial charge in [0.15, 0.2) is 0 Å². The number of hydrogen-bond acceptors (Lipinski definition) is 4. The quantitative estimate of drug-likeness (QED) is 0.858. The van der Waals surface area contributed by atoms with Crippen LogP contribution in [0, 0.1) is 5.92 Å². The van der Waals surface area contributed by atoms with E-state index >= 15 is 0 Å². The van der Waals surface area contributed by atoms with E-state index in [1.807, 2.05) is 6.92 Å². The van der Waals surface area contributed by atoms with Crippen molar-refractivity contribution >= 4 is 23.2 Å². The molecule has 0 aromatic carbocycles. The van der Waals surface area contributed by atoms with Gasteiger partial charge in [-0.3, -0.25) is 9.59 Å². The van der Waals surface area contributed by atoms with E-state index in [0.29, 0.717) is 26.1 Å². The van der Waals surface area contributed by atoms with Crippen LogP contribution in [0.5, 0.6) is 0 Å². The van der Waals surface area contributed by atoms with Gasteiger partial charge >= 0.3 is 0 Å². The van der Waals surface area contributed by atoms with E-state index in [4.69, 9.17) is 0 Å². The van der Waals surface area contributed by atoms with Gasteiger partial charge in [0.2, 0.25) is 11.8 Å². The highest BCUT2D eigenvalue weighted by molar-refractivity contribution is 7.09. The molecule has 6 heteroatoms. The van der Waals surface area contributed by atoms with Crippen molar-refractivity contribution in [3.63, 3.8) is 0 Å². The molecule has 110 valence electrons. The molecule has 0 saturated carbocycles. The number of rotatable bonds is 6. The van der Waals surface area contributed by atoms with Gasteiger partial charge in [0, 0.05) is 37.9 Å². The topological polar surface area (TPSA) is 62.3 Å². The lowest BCUT2D eigenvalue weighted by Gasteiger charge is -2.13. The summed E-state index contributed by atoms with van der Waals surface area (Å²) in [7, 11) is 0. The SMILES string of the molecule is CCc1csc(CCNC(=O)C2CC(=O)N(CC)C2)n1. The molecule has 1 fully saturated rings. The van der Waals surface area contributed by atoms with E-state index in [1.54, 1.807) is 16.2 Å². The minimum absolute atomic E-state index is 0.0124. The zero-order valence-electron chi connectivity index (χ0n) is 12.0. The molecule has 1 unspecified atom stereocenters. The Bertz CT molecular complexity index is 487. The van der Waals surface area contributed by atoms with Crippen molar-refractivity contribution < 1.29 is 9.59 Å². The Morgan fingerprint density at radius 2 is 2.35 bits per heavy atom. The molecular formula is C14H21N3O2S. The van der Waals surface area contributed by atoms with Crippen LogP contribution in [-0.4, -0.2) is 41.3 Å². The number of aromatic nitrogens is 1. The summed E-state index contributed by atoms with van der Waals surface area (Å²) in [5.74, 6) is -0.119. The molecule has 20 heavy (non-hydrogen) atoms. The fourth-order valence-electron chi connectivity index (χ4n) is 2.32. The van der Waals surface area contributed by atoms with Gasteiger partial charge in [-0.2, -0.15) is 0 Å². The minimum Gasteiger partial charge on any atom is -0.355 e. The van der Waals surface area contributed by atoms with Gasteiger partial charge in [-0.15, -0.1) is 11.3 Å². The molecule has 2 amide bonds. The summed E-state index contributed by atoms with van der Waals surface area (Å²) in [4.78, 5) is 29.8. The van der Waals surface area contributed by atoms with Crippen LogP contribution < -0.4 is 5.32 Å². The molecule has 1 aromatic heterocycles. The number of aryl methyl sites for hydroxylation is 1. The molecule has 2 rings (SSSR count). The summed E-state index contributed by atoms with van der Waals surface area (Å²) >= 11 is 1.64. The fourth-order valence-corrected chi connectivity index (χ4v) is 3.20. The third-order valence-electron chi connectivity index (χ3n) is 3.57. The highest BCUT2D eigenvalue weighted by Gasteiger charge is 2.32. The number of amides is 2. The molecule has 1 aromatic rings. The number of likely N-dealkylation sites (tertiary alicyclic amines) is 1. The number of thiazole rings is 1. The second kappa shape index (κ2) is 6.83. The van der Waals surface area contributed by atoms with E-state index in [-0.39, 0.29) is 17.7 Å². The Kier molecular flexibility index (Phi) is 5.11. The van der Waals surface area contributed by atoms with Crippen molar-refractivity contribution in [1.82, 2.24) is 15.2 Å². The lowest BCUT2D eigenvalue weighted by Crippen LogP contribution is -2.34. The van der Waals surface area contributed by atoms with E-state index < -0.39 is 0 Å². The number of carbonyl (C=O) groups is 2. The standard InChI is InChI=1S/C14H21N3O2S/c1-3-11-9-20-12(16-11)5-6-15-14(19)10-7-13(18)17(4-2)8-10/h9-10H,3-8H2,1-2H3,(H,15,19). The van der Waals surface area contributed by atoms with Crippen molar-refractivity contribution in [2.75, 3.05) is 19.6 Å². The first-order valence-corrected chi connectivity index (χ1v) is 8.00. The highest BCUT2D eigenvalue weighted by atomic mass is 32.1. The average molecular weight is 295 g/mol.